The van der Waals surface area contributed by atoms with E-state index in [0.717, 1.165) is 6.08 Å². The van der Waals surface area contributed by atoms with Crippen molar-refractivity contribution in [2.24, 2.45) is 11.1 Å². The second-order valence-electron chi connectivity index (χ2n) is 4.18. The van der Waals surface area contributed by atoms with E-state index in [9.17, 15) is 9.59 Å². The summed E-state index contributed by atoms with van der Waals surface area (Å²) >= 11 is 0. The van der Waals surface area contributed by atoms with Crippen LogP contribution in [0.3, 0.4) is 0 Å². The standard InChI is InChI=1S/C10H18N2O3/c1-7(4-8(13)14)5-12-6-10(2,3)9(11)15/h4,12H,5-6H2,1-3H3,(H2,11,15)(H,13,14). The molecule has 0 saturated heterocycles. The summed E-state index contributed by atoms with van der Waals surface area (Å²) in [5.41, 5.74) is 5.26. The Hall–Kier alpha value is -1.36. The Kier molecular flexibility index (Phi) is 5.00. The third-order valence-electron chi connectivity index (χ3n) is 2.01. The van der Waals surface area contributed by atoms with E-state index in [1.807, 2.05) is 0 Å². The lowest BCUT2D eigenvalue weighted by Gasteiger charge is -2.20. The number of hydrogen-bond acceptors (Lipinski definition) is 3. The highest BCUT2D eigenvalue weighted by Crippen LogP contribution is 2.11. The van der Waals surface area contributed by atoms with Crippen molar-refractivity contribution in [3.05, 3.63) is 11.6 Å². The summed E-state index contributed by atoms with van der Waals surface area (Å²) in [5.74, 6) is -1.35. The summed E-state index contributed by atoms with van der Waals surface area (Å²) in [5, 5.41) is 11.4. The van der Waals surface area contributed by atoms with Gasteiger partial charge < -0.3 is 16.2 Å². The first-order chi connectivity index (χ1) is 6.75. The van der Waals surface area contributed by atoms with Crippen LogP contribution < -0.4 is 11.1 Å². The molecule has 0 aromatic rings. The summed E-state index contributed by atoms with van der Waals surface area (Å²) in [4.78, 5) is 21.2. The molecule has 5 heteroatoms. The number of carboxylic acids is 1. The average Bonchev–Trinajstić information content (AvgIpc) is 2.01. The van der Waals surface area contributed by atoms with Crippen LogP contribution in [0, 0.1) is 5.41 Å². The second-order valence-corrected chi connectivity index (χ2v) is 4.18. The molecule has 0 saturated carbocycles. The van der Waals surface area contributed by atoms with Crippen molar-refractivity contribution in [3.63, 3.8) is 0 Å². The first-order valence-corrected chi connectivity index (χ1v) is 4.66. The van der Waals surface area contributed by atoms with Crippen molar-refractivity contribution >= 4 is 11.9 Å². The van der Waals surface area contributed by atoms with Gasteiger partial charge in [-0.2, -0.15) is 0 Å². The zero-order valence-electron chi connectivity index (χ0n) is 9.33. The van der Waals surface area contributed by atoms with Crippen LogP contribution in [0.15, 0.2) is 11.6 Å². The van der Waals surface area contributed by atoms with Gasteiger partial charge in [0.15, 0.2) is 0 Å². The molecule has 0 spiro atoms. The van der Waals surface area contributed by atoms with Gasteiger partial charge in [-0.3, -0.25) is 4.79 Å². The van der Waals surface area contributed by atoms with Gasteiger partial charge in [-0.05, 0) is 20.8 Å². The molecule has 0 aromatic heterocycles. The Morgan fingerprint density at radius 1 is 1.47 bits per heavy atom. The molecule has 86 valence electrons. The SMILES string of the molecule is CC(=CC(=O)O)CNCC(C)(C)C(N)=O. The van der Waals surface area contributed by atoms with Crippen molar-refractivity contribution < 1.29 is 14.7 Å². The molecule has 15 heavy (non-hydrogen) atoms. The molecule has 5 nitrogen and oxygen atoms in total. The molecule has 0 rings (SSSR count). The maximum Gasteiger partial charge on any atom is 0.328 e. The number of hydrogen-bond donors (Lipinski definition) is 3. The Morgan fingerprint density at radius 2 is 2.00 bits per heavy atom. The minimum absolute atomic E-state index is 0.380. The number of rotatable bonds is 6. The third kappa shape index (κ3) is 5.85. The molecule has 0 unspecified atom stereocenters. The van der Waals surface area contributed by atoms with Crippen LogP contribution in [-0.2, 0) is 9.59 Å². The summed E-state index contributed by atoms with van der Waals surface area (Å²) in [6, 6.07) is 0. The minimum atomic E-state index is -0.969. The normalized spacial score (nSPS) is 12.6. The fraction of sp³-hybridized carbons (Fsp3) is 0.600. The number of aliphatic carboxylic acids is 1. The molecular weight excluding hydrogens is 196 g/mol. The molecule has 0 aliphatic carbocycles. The number of nitrogens with one attached hydrogen (secondary N) is 1. The lowest BCUT2D eigenvalue weighted by atomic mass is 9.93. The fourth-order valence-electron chi connectivity index (χ4n) is 0.921. The fourth-order valence-corrected chi connectivity index (χ4v) is 0.921. The predicted octanol–water partition coefficient (Wildman–Crippen LogP) is 0.118. The van der Waals surface area contributed by atoms with Crippen LogP contribution in [0.4, 0.5) is 0 Å². The molecule has 0 aromatic carbocycles. The summed E-state index contributed by atoms with van der Waals surface area (Å²) in [6.45, 7) is 6.03. The van der Waals surface area contributed by atoms with E-state index in [1.165, 1.54) is 0 Å². The summed E-state index contributed by atoms with van der Waals surface area (Å²) < 4.78 is 0. The van der Waals surface area contributed by atoms with Gasteiger partial charge in [-0.25, -0.2) is 4.79 Å². The smallest absolute Gasteiger partial charge is 0.328 e. The Balaban J connectivity index is 4.00. The Bertz CT molecular complexity index is 282. The predicted molar refractivity (Wildman–Crippen MR) is 57.2 cm³/mol. The zero-order chi connectivity index (χ0) is 12.1. The molecule has 0 heterocycles. The molecule has 0 bridgehead atoms. The average molecular weight is 214 g/mol. The van der Waals surface area contributed by atoms with Crippen molar-refractivity contribution in [3.8, 4) is 0 Å². The summed E-state index contributed by atoms with van der Waals surface area (Å²) in [7, 11) is 0. The van der Waals surface area contributed by atoms with E-state index in [-0.39, 0.29) is 5.91 Å². The quantitative estimate of drug-likeness (QED) is 0.547. The number of nitrogens with two attached hydrogens (primary N) is 1. The first kappa shape index (κ1) is 13.6. The van der Waals surface area contributed by atoms with Gasteiger partial charge in [0.25, 0.3) is 0 Å². The van der Waals surface area contributed by atoms with Crippen molar-refractivity contribution in [2.75, 3.05) is 13.1 Å². The topological polar surface area (TPSA) is 92.4 Å². The minimum Gasteiger partial charge on any atom is -0.478 e. The Labute approximate surface area is 89.3 Å². The Morgan fingerprint density at radius 3 is 2.40 bits per heavy atom. The van der Waals surface area contributed by atoms with E-state index in [4.69, 9.17) is 10.8 Å². The number of amides is 1. The number of carboxylic acid groups (broad SMARTS) is 1. The molecule has 0 fully saturated rings. The van der Waals surface area contributed by atoms with Gasteiger partial charge in [-0.1, -0.05) is 5.57 Å². The van der Waals surface area contributed by atoms with Crippen LogP contribution in [0.5, 0.6) is 0 Å². The van der Waals surface area contributed by atoms with E-state index in [0.29, 0.717) is 18.7 Å². The highest BCUT2D eigenvalue weighted by atomic mass is 16.4. The monoisotopic (exact) mass is 214 g/mol. The number of carbonyl (C=O) groups is 2. The molecule has 0 atom stereocenters. The van der Waals surface area contributed by atoms with Crippen LogP contribution in [-0.4, -0.2) is 30.1 Å². The van der Waals surface area contributed by atoms with Gasteiger partial charge >= 0.3 is 5.97 Å². The molecule has 4 N–H and O–H groups in total. The largest absolute Gasteiger partial charge is 0.478 e. The van der Waals surface area contributed by atoms with Gasteiger partial charge in [-0.15, -0.1) is 0 Å². The maximum atomic E-state index is 10.9. The molecule has 0 aliphatic rings. The van der Waals surface area contributed by atoms with Crippen LogP contribution >= 0.6 is 0 Å². The maximum absolute atomic E-state index is 10.9. The van der Waals surface area contributed by atoms with Crippen LogP contribution in [0.2, 0.25) is 0 Å². The zero-order valence-corrected chi connectivity index (χ0v) is 9.33. The number of carbonyl (C=O) groups excluding carboxylic acids is 1. The van der Waals surface area contributed by atoms with E-state index in [2.05, 4.69) is 5.32 Å². The molecule has 1 amide bonds. The molecular formula is C10H18N2O3. The van der Waals surface area contributed by atoms with E-state index < -0.39 is 11.4 Å². The lowest BCUT2D eigenvalue weighted by molar-refractivity contribution is -0.131. The van der Waals surface area contributed by atoms with E-state index in [1.54, 1.807) is 20.8 Å². The van der Waals surface area contributed by atoms with Gasteiger partial charge in [0.2, 0.25) is 5.91 Å². The highest BCUT2D eigenvalue weighted by molar-refractivity contribution is 5.81. The van der Waals surface area contributed by atoms with Gasteiger partial charge in [0.05, 0.1) is 5.41 Å². The van der Waals surface area contributed by atoms with Crippen molar-refractivity contribution in [2.45, 2.75) is 20.8 Å². The van der Waals surface area contributed by atoms with E-state index >= 15 is 0 Å². The first-order valence-electron chi connectivity index (χ1n) is 4.66. The summed E-state index contributed by atoms with van der Waals surface area (Å²) in [6.07, 6.45) is 1.13. The van der Waals surface area contributed by atoms with Gasteiger partial charge in [0, 0.05) is 19.2 Å². The van der Waals surface area contributed by atoms with Gasteiger partial charge in [0.1, 0.15) is 0 Å². The second kappa shape index (κ2) is 5.50. The number of primary amides is 1. The molecule has 0 radical (unpaired) electrons. The van der Waals surface area contributed by atoms with Crippen LogP contribution in [0.1, 0.15) is 20.8 Å². The van der Waals surface area contributed by atoms with Crippen molar-refractivity contribution in [1.82, 2.24) is 5.32 Å². The van der Waals surface area contributed by atoms with Crippen molar-refractivity contribution in [1.29, 1.82) is 0 Å². The van der Waals surface area contributed by atoms with Crippen LogP contribution in [0.25, 0.3) is 0 Å². The third-order valence-corrected chi connectivity index (χ3v) is 2.01. The lowest BCUT2D eigenvalue weighted by Crippen LogP contribution is -2.40. The molecule has 0 aliphatic heterocycles. The highest BCUT2D eigenvalue weighted by Gasteiger charge is 2.23.